The van der Waals surface area contributed by atoms with Crippen LogP contribution in [0.15, 0.2) is 53.5 Å². The van der Waals surface area contributed by atoms with Gasteiger partial charge in [-0.2, -0.15) is 5.26 Å². The number of phenols is 1. The van der Waals surface area contributed by atoms with Crippen molar-refractivity contribution in [2.45, 2.75) is 56.1 Å². The first-order valence-electron chi connectivity index (χ1n) is 11.0. The Labute approximate surface area is 184 Å². The molecule has 0 bridgehead atoms. The zero-order valence-electron chi connectivity index (χ0n) is 18.3. The maximum absolute atomic E-state index is 9.59. The second-order valence-electron chi connectivity index (χ2n) is 9.04. The molecule has 0 aliphatic heterocycles. The van der Waals surface area contributed by atoms with E-state index < -0.39 is 0 Å². The lowest BCUT2D eigenvalue weighted by atomic mass is 9.88. The van der Waals surface area contributed by atoms with Gasteiger partial charge < -0.3 is 20.6 Å². The zero-order valence-corrected chi connectivity index (χ0v) is 18.3. The van der Waals surface area contributed by atoms with Crippen molar-refractivity contribution in [1.82, 2.24) is 15.5 Å². The molecule has 0 radical (unpaired) electrons. The molecule has 2 aromatic carbocycles. The van der Waals surface area contributed by atoms with E-state index in [-0.39, 0.29) is 23.4 Å². The number of fused-ring (bicyclic) bond motifs is 1. The van der Waals surface area contributed by atoms with E-state index in [4.69, 9.17) is 0 Å². The van der Waals surface area contributed by atoms with Crippen molar-refractivity contribution in [3.8, 4) is 11.9 Å². The van der Waals surface area contributed by atoms with Gasteiger partial charge in [0.05, 0.1) is 5.54 Å². The van der Waals surface area contributed by atoms with Gasteiger partial charge in [-0.25, -0.2) is 0 Å². The number of phenolic OH excluding ortho intramolecular Hbond substituents is 1. The number of aliphatic imine (C=N–C) groups is 1. The zero-order chi connectivity index (χ0) is 21.8. The average molecular weight is 418 g/mol. The Hall–Kier alpha value is -3.04. The highest BCUT2D eigenvalue weighted by molar-refractivity contribution is 5.82. The van der Waals surface area contributed by atoms with Crippen LogP contribution in [0.4, 0.5) is 0 Å². The van der Waals surface area contributed by atoms with Crippen molar-refractivity contribution in [3.05, 3.63) is 65.2 Å². The fraction of sp³-hybridized carbons (Fsp3) is 0.440. The molecule has 6 nitrogen and oxygen atoms in total. The summed E-state index contributed by atoms with van der Waals surface area (Å²) in [6.07, 6.45) is 7.92. The molecule has 0 aromatic heterocycles. The summed E-state index contributed by atoms with van der Waals surface area (Å²) in [7, 11) is 4.19. The standard InChI is InChI=1S/C25H31N5O/c1-30(2)23(15-18-7-11-22(31)12-8-18)25(13-14-25)29-24(27-17-26)28-21-10-9-19-5-3-4-6-20(19)16-21/h3-8,11-12,21,23,31H,9-10,13-16H2,1-2H3,(H2,27,28,29)/t21-,23-/m0/s1. The Morgan fingerprint density at radius 1 is 1.19 bits per heavy atom. The number of hydrogen-bond acceptors (Lipinski definition) is 4. The van der Waals surface area contributed by atoms with E-state index >= 15 is 0 Å². The summed E-state index contributed by atoms with van der Waals surface area (Å²) in [6, 6.07) is 16.5. The summed E-state index contributed by atoms with van der Waals surface area (Å²) >= 11 is 0. The third-order valence-corrected chi connectivity index (χ3v) is 6.63. The van der Waals surface area contributed by atoms with E-state index in [1.807, 2.05) is 18.3 Å². The second-order valence-corrected chi connectivity index (χ2v) is 9.04. The summed E-state index contributed by atoms with van der Waals surface area (Å²) in [5, 5.41) is 26.0. The van der Waals surface area contributed by atoms with Gasteiger partial charge in [0.25, 0.3) is 0 Å². The van der Waals surface area contributed by atoms with Gasteiger partial charge >= 0.3 is 0 Å². The molecular formula is C25H31N5O. The van der Waals surface area contributed by atoms with Crippen molar-refractivity contribution in [1.29, 1.82) is 5.26 Å². The maximum atomic E-state index is 9.59. The van der Waals surface area contributed by atoms with E-state index in [1.165, 1.54) is 16.7 Å². The molecule has 2 aliphatic rings. The number of aromatic hydroxyl groups is 1. The Bertz CT molecular complexity index is 972. The molecule has 2 atom stereocenters. The lowest BCUT2D eigenvalue weighted by Gasteiger charge is -2.35. The molecule has 162 valence electrons. The Morgan fingerprint density at radius 3 is 2.55 bits per heavy atom. The molecule has 0 heterocycles. The van der Waals surface area contributed by atoms with Gasteiger partial charge in [0.15, 0.2) is 0 Å². The van der Waals surface area contributed by atoms with Crippen LogP contribution in [-0.2, 0) is 19.3 Å². The molecule has 0 amide bonds. The van der Waals surface area contributed by atoms with Gasteiger partial charge in [0.1, 0.15) is 5.75 Å². The first kappa shape index (κ1) is 21.2. The van der Waals surface area contributed by atoms with Crippen LogP contribution in [0.25, 0.3) is 0 Å². The number of guanidine groups is 1. The van der Waals surface area contributed by atoms with E-state index in [1.54, 1.807) is 12.1 Å². The predicted molar refractivity (Wildman–Crippen MR) is 123 cm³/mol. The van der Waals surface area contributed by atoms with E-state index in [9.17, 15) is 10.4 Å². The van der Waals surface area contributed by atoms with E-state index in [2.05, 4.69) is 58.9 Å². The van der Waals surface area contributed by atoms with Crippen LogP contribution in [0.1, 0.15) is 36.0 Å². The molecule has 0 saturated heterocycles. The van der Waals surface area contributed by atoms with Crippen molar-refractivity contribution < 1.29 is 5.11 Å². The lowest BCUT2D eigenvalue weighted by molar-refractivity contribution is 0.226. The molecule has 2 aromatic rings. The Morgan fingerprint density at radius 2 is 1.90 bits per heavy atom. The summed E-state index contributed by atoms with van der Waals surface area (Å²) in [6.45, 7) is 0. The minimum atomic E-state index is -0.114. The molecule has 1 fully saturated rings. The van der Waals surface area contributed by atoms with Crippen LogP contribution in [0.5, 0.6) is 5.75 Å². The van der Waals surface area contributed by atoms with Crippen molar-refractivity contribution in [2.24, 2.45) is 4.99 Å². The van der Waals surface area contributed by atoms with Crippen molar-refractivity contribution in [2.75, 3.05) is 14.1 Å². The monoisotopic (exact) mass is 417 g/mol. The van der Waals surface area contributed by atoms with Crippen LogP contribution in [0, 0.1) is 11.5 Å². The number of nitrogens with zero attached hydrogens (tertiary/aromatic N) is 3. The van der Waals surface area contributed by atoms with Crippen LogP contribution in [0.2, 0.25) is 0 Å². The third-order valence-electron chi connectivity index (χ3n) is 6.63. The SMILES string of the molecule is CN(C)[C@@H](Cc1ccc(O)cc1)C1(NC(=NC#N)N[C@H]2CCc3ccccc3C2)CC1. The largest absolute Gasteiger partial charge is 0.508 e. The second kappa shape index (κ2) is 8.99. The van der Waals surface area contributed by atoms with Gasteiger partial charge in [-0.3, -0.25) is 0 Å². The molecular weight excluding hydrogens is 386 g/mol. The normalized spacial score (nSPS) is 20.5. The summed E-state index contributed by atoms with van der Waals surface area (Å²) in [5.41, 5.74) is 3.87. The fourth-order valence-corrected chi connectivity index (χ4v) is 4.80. The number of hydrogen-bond donors (Lipinski definition) is 3. The van der Waals surface area contributed by atoms with Crippen LogP contribution >= 0.6 is 0 Å². The quantitative estimate of drug-likeness (QED) is 0.382. The fourth-order valence-electron chi connectivity index (χ4n) is 4.80. The minimum Gasteiger partial charge on any atom is -0.508 e. The van der Waals surface area contributed by atoms with Crippen molar-refractivity contribution >= 4 is 5.96 Å². The predicted octanol–water partition coefficient (Wildman–Crippen LogP) is 2.97. The van der Waals surface area contributed by atoms with Gasteiger partial charge in [0.2, 0.25) is 12.2 Å². The van der Waals surface area contributed by atoms with Gasteiger partial charge in [-0.1, -0.05) is 36.4 Å². The molecule has 0 unspecified atom stereocenters. The van der Waals surface area contributed by atoms with Crippen LogP contribution < -0.4 is 10.6 Å². The number of likely N-dealkylation sites (N-methyl/N-ethyl adjacent to an activating group) is 1. The van der Waals surface area contributed by atoms with E-state index in [0.717, 1.165) is 38.5 Å². The van der Waals surface area contributed by atoms with E-state index in [0.29, 0.717) is 5.96 Å². The third kappa shape index (κ3) is 5.00. The molecule has 4 rings (SSSR count). The number of nitrogens with one attached hydrogen (secondary N) is 2. The Balaban J connectivity index is 1.46. The summed E-state index contributed by atoms with van der Waals surface area (Å²) in [5.74, 6) is 0.869. The molecule has 0 spiro atoms. The maximum Gasteiger partial charge on any atom is 0.209 e. The number of rotatable bonds is 6. The molecule has 6 heteroatoms. The topological polar surface area (TPSA) is 83.7 Å². The number of aryl methyl sites for hydroxylation is 1. The summed E-state index contributed by atoms with van der Waals surface area (Å²) in [4.78, 5) is 6.35. The molecule has 1 saturated carbocycles. The first-order valence-corrected chi connectivity index (χ1v) is 11.0. The highest BCUT2D eigenvalue weighted by Gasteiger charge is 2.51. The number of nitriles is 1. The van der Waals surface area contributed by atoms with Gasteiger partial charge in [0, 0.05) is 12.1 Å². The van der Waals surface area contributed by atoms with Gasteiger partial charge in [-0.05, 0) is 81.4 Å². The van der Waals surface area contributed by atoms with Crippen LogP contribution in [0.3, 0.4) is 0 Å². The first-order chi connectivity index (χ1) is 15.0. The molecule has 31 heavy (non-hydrogen) atoms. The average Bonchev–Trinajstić information content (AvgIpc) is 3.53. The number of benzene rings is 2. The molecule has 2 aliphatic carbocycles. The highest BCUT2D eigenvalue weighted by atomic mass is 16.3. The Kier molecular flexibility index (Phi) is 6.15. The smallest absolute Gasteiger partial charge is 0.209 e. The highest BCUT2D eigenvalue weighted by Crippen LogP contribution is 2.42. The van der Waals surface area contributed by atoms with Crippen molar-refractivity contribution in [3.63, 3.8) is 0 Å². The van der Waals surface area contributed by atoms with Gasteiger partial charge in [-0.15, -0.1) is 4.99 Å². The minimum absolute atomic E-state index is 0.114. The molecule has 3 N–H and O–H groups in total. The summed E-state index contributed by atoms with van der Waals surface area (Å²) < 4.78 is 0. The van der Waals surface area contributed by atoms with Crippen LogP contribution in [-0.4, -0.2) is 47.7 Å². The lowest BCUT2D eigenvalue weighted by Crippen LogP contribution is -2.57.